The molecule has 0 amide bonds. The van der Waals surface area contributed by atoms with Crippen LogP contribution in [-0.4, -0.2) is 38.2 Å². The van der Waals surface area contributed by atoms with Crippen molar-refractivity contribution in [2.45, 2.75) is 39.0 Å². The molecule has 1 aromatic heterocycles. The highest BCUT2D eigenvalue weighted by molar-refractivity contribution is 7.90. The van der Waals surface area contributed by atoms with Gasteiger partial charge in [0, 0.05) is 25.2 Å². The van der Waals surface area contributed by atoms with E-state index >= 15 is 0 Å². The minimum Gasteiger partial charge on any atom is -0.466 e. The van der Waals surface area contributed by atoms with E-state index in [0.29, 0.717) is 19.5 Å². The molecule has 0 spiro atoms. The molecular weight excluding hydrogens is 264 g/mol. The molecule has 1 aliphatic rings. The number of sulfonamides is 1. The lowest BCUT2D eigenvalue weighted by Crippen LogP contribution is -2.36. The van der Waals surface area contributed by atoms with Crippen molar-refractivity contribution in [1.82, 2.24) is 9.62 Å². The largest absolute Gasteiger partial charge is 0.466 e. The van der Waals surface area contributed by atoms with Gasteiger partial charge in [-0.05, 0) is 32.9 Å². The maximum absolute atomic E-state index is 11.9. The molecule has 0 aromatic carbocycles. The summed E-state index contributed by atoms with van der Waals surface area (Å²) in [6, 6.07) is 2.03. The smallest absolute Gasteiger partial charge is 0.215 e. The maximum Gasteiger partial charge on any atom is 0.215 e. The van der Waals surface area contributed by atoms with Crippen molar-refractivity contribution in [3.8, 4) is 0 Å². The summed E-state index contributed by atoms with van der Waals surface area (Å²) in [7, 11) is -3.16. The molecule has 0 radical (unpaired) electrons. The molecule has 19 heavy (non-hydrogen) atoms. The van der Waals surface area contributed by atoms with Gasteiger partial charge in [-0.1, -0.05) is 6.92 Å². The summed E-state index contributed by atoms with van der Waals surface area (Å²) in [5, 5.41) is -0.291. The molecule has 2 heterocycles. The van der Waals surface area contributed by atoms with Gasteiger partial charge in [0.25, 0.3) is 0 Å². The number of furan rings is 1. The summed E-state index contributed by atoms with van der Waals surface area (Å²) >= 11 is 0. The summed E-state index contributed by atoms with van der Waals surface area (Å²) in [5.74, 6) is 1.83. The maximum atomic E-state index is 11.9. The normalized spacial score (nSPS) is 21.1. The van der Waals surface area contributed by atoms with Crippen LogP contribution in [-0.2, 0) is 16.6 Å². The Labute approximate surface area is 115 Å². The highest BCUT2D eigenvalue weighted by Crippen LogP contribution is 2.21. The van der Waals surface area contributed by atoms with E-state index in [2.05, 4.69) is 9.62 Å². The minimum atomic E-state index is -3.16. The Morgan fingerprint density at radius 3 is 2.79 bits per heavy atom. The number of rotatable bonds is 5. The second kappa shape index (κ2) is 5.64. The van der Waals surface area contributed by atoms with Crippen molar-refractivity contribution in [3.05, 3.63) is 23.2 Å². The van der Waals surface area contributed by atoms with Gasteiger partial charge in [-0.25, -0.2) is 13.1 Å². The first-order valence-corrected chi connectivity index (χ1v) is 8.23. The van der Waals surface area contributed by atoms with Gasteiger partial charge in [0.2, 0.25) is 10.0 Å². The molecule has 1 atom stereocenters. The second-order valence-electron chi connectivity index (χ2n) is 5.13. The summed E-state index contributed by atoms with van der Waals surface area (Å²) in [4.78, 5) is 2.18. The van der Waals surface area contributed by atoms with Crippen molar-refractivity contribution < 1.29 is 12.8 Å². The van der Waals surface area contributed by atoms with Gasteiger partial charge in [0.1, 0.15) is 11.5 Å². The molecule has 0 saturated carbocycles. The highest BCUT2D eigenvalue weighted by Gasteiger charge is 2.32. The van der Waals surface area contributed by atoms with Crippen molar-refractivity contribution in [2.75, 3.05) is 19.6 Å². The lowest BCUT2D eigenvalue weighted by Gasteiger charge is -2.15. The van der Waals surface area contributed by atoms with Gasteiger partial charge in [0.15, 0.2) is 0 Å². The number of hydrogen-bond donors (Lipinski definition) is 1. The van der Waals surface area contributed by atoms with Crippen molar-refractivity contribution in [3.63, 3.8) is 0 Å². The summed E-state index contributed by atoms with van der Waals surface area (Å²) in [6.07, 6.45) is 0.700. The Hall–Kier alpha value is -0.850. The molecule has 5 nitrogen and oxygen atoms in total. The zero-order chi connectivity index (χ0) is 14.0. The second-order valence-corrected chi connectivity index (χ2v) is 7.17. The van der Waals surface area contributed by atoms with Gasteiger partial charge in [-0.2, -0.15) is 0 Å². The van der Waals surface area contributed by atoms with Gasteiger partial charge in [-0.3, -0.25) is 4.90 Å². The van der Waals surface area contributed by atoms with E-state index in [9.17, 15) is 8.42 Å². The average Bonchev–Trinajstić information content (AvgIpc) is 2.87. The fourth-order valence-electron chi connectivity index (χ4n) is 2.59. The molecule has 108 valence electrons. The Morgan fingerprint density at radius 2 is 2.21 bits per heavy atom. The van der Waals surface area contributed by atoms with Crippen LogP contribution in [0.25, 0.3) is 0 Å². The van der Waals surface area contributed by atoms with Crippen LogP contribution in [0.1, 0.15) is 30.4 Å². The van der Waals surface area contributed by atoms with E-state index in [4.69, 9.17) is 4.42 Å². The Kier molecular flexibility index (Phi) is 4.32. The minimum absolute atomic E-state index is 0.291. The van der Waals surface area contributed by atoms with Crippen molar-refractivity contribution in [2.24, 2.45) is 0 Å². The third-order valence-electron chi connectivity index (χ3n) is 3.55. The van der Waals surface area contributed by atoms with Gasteiger partial charge in [-0.15, -0.1) is 0 Å². The van der Waals surface area contributed by atoms with Crippen molar-refractivity contribution >= 4 is 10.0 Å². The molecule has 1 N–H and O–H groups in total. The highest BCUT2D eigenvalue weighted by atomic mass is 32.2. The van der Waals surface area contributed by atoms with Gasteiger partial charge in [0.05, 0.1) is 5.25 Å². The Balaban J connectivity index is 1.98. The van der Waals surface area contributed by atoms with Crippen LogP contribution in [0.5, 0.6) is 0 Å². The molecule has 6 heteroatoms. The Morgan fingerprint density at radius 1 is 1.47 bits per heavy atom. The average molecular weight is 286 g/mol. The quantitative estimate of drug-likeness (QED) is 0.889. The molecule has 2 rings (SSSR count). The van der Waals surface area contributed by atoms with Gasteiger partial charge < -0.3 is 4.42 Å². The van der Waals surface area contributed by atoms with E-state index in [1.165, 1.54) is 0 Å². The predicted octanol–water partition coefficient (Wildman–Crippen LogP) is 1.41. The number of nitrogens with zero attached hydrogens (tertiary/aromatic N) is 1. The lowest BCUT2D eigenvalue weighted by atomic mass is 10.2. The third-order valence-corrected chi connectivity index (χ3v) is 5.50. The van der Waals surface area contributed by atoms with Gasteiger partial charge >= 0.3 is 0 Å². The first kappa shape index (κ1) is 14.6. The van der Waals surface area contributed by atoms with Crippen LogP contribution in [0.2, 0.25) is 0 Å². The zero-order valence-corrected chi connectivity index (χ0v) is 12.6. The number of likely N-dealkylation sites (tertiary alicyclic amines) is 1. The topological polar surface area (TPSA) is 62.6 Å². The first-order chi connectivity index (χ1) is 8.92. The molecule has 0 aliphatic carbocycles. The standard InChI is InChI=1S/C13H22N2O3S/c1-4-14-19(16,17)13-5-6-15(9-13)8-12-7-10(2)18-11(12)3/h7,13-14H,4-6,8-9H2,1-3H3. The van der Waals surface area contributed by atoms with Crippen molar-refractivity contribution in [1.29, 1.82) is 0 Å². The van der Waals surface area contributed by atoms with Crippen LogP contribution in [0.3, 0.4) is 0 Å². The summed E-state index contributed by atoms with van der Waals surface area (Å²) < 4.78 is 32.0. The van der Waals surface area contributed by atoms with Crippen LogP contribution in [0, 0.1) is 13.8 Å². The van der Waals surface area contributed by atoms with E-state index in [0.717, 1.165) is 30.2 Å². The predicted molar refractivity (Wildman–Crippen MR) is 74.5 cm³/mol. The number of aryl methyl sites for hydroxylation is 2. The molecule has 1 saturated heterocycles. The monoisotopic (exact) mass is 286 g/mol. The fourth-order valence-corrected chi connectivity index (χ4v) is 4.06. The van der Waals surface area contributed by atoms with E-state index in [1.54, 1.807) is 0 Å². The molecule has 1 unspecified atom stereocenters. The van der Waals surface area contributed by atoms with E-state index < -0.39 is 10.0 Å². The third kappa shape index (κ3) is 3.38. The molecule has 1 fully saturated rings. The molecule has 1 aliphatic heterocycles. The summed E-state index contributed by atoms with van der Waals surface area (Å²) in [5.41, 5.74) is 1.15. The molecule has 0 bridgehead atoms. The number of nitrogens with one attached hydrogen (secondary N) is 1. The van der Waals surface area contributed by atoms with Crippen LogP contribution in [0.15, 0.2) is 10.5 Å². The van der Waals surface area contributed by atoms with E-state index in [1.807, 2.05) is 26.8 Å². The number of hydrogen-bond acceptors (Lipinski definition) is 4. The fraction of sp³-hybridized carbons (Fsp3) is 0.692. The molecule has 1 aromatic rings. The molecular formula is C13H22N2O3S. The summed E-state index contributed by atoms with van der Waals surface area (Å²) in [6.45, 7) is 8.32. The van der Waals surface area contributed by atoms with Crippen LogP contribution in [0.4, 0.5) is 0 Å². The van der Waals surface area contributed by atoms with E-state index in [-0.39, 0.29) is 5.25 Å². The lowest BCUT2D eigenvalue weighted by molar-refractivity contribution is 0.328. The van der Waals surface area contributed by atoms with Crippen LogP contribution >= 0.6 is 0 Å². The Bertz CT molecular complexity index is 536. The zero-order valence-electron chi connectivity index (χ0n) is 11.8. The first-order valence-electron chi connectivity index (χ1n) is 6.69. The SMILES string of the molecule is CCNS(=O)(=O)C1CCN(Cc2cc(C)oc2C)C1. The van der Waals surface area contributed by atoms with Crippen LogP contribution < -0.4 is 4.72 Å².